The minimum absolute atomic E-state index is 0. The molecule has 0 amide bonds. The van der Waals surface area contributed by atoms with Gasteiger partial charge in [0.2, 0.25) is 0 Å². The maximum absolute atomic E-state index is 8.33. The summed E-state index contributed by atoms with van der Waals surface area (Å²) in [5.74, 6) is 0. The van der Waals surface area contributed by atoms with Gasteiger partial charge in [-0.05, 0) is 49.2 Å². The van der Waals surface area contributed by atoms with E-state index in [9.17, 15) is 0 Å². The van der Waals surface area contributed by atoms with Crippen LogP contribution in [0.25, 0.3) is 0 Å². The molecule has 0 spiro atoms. The average molecular weight is 1880 g/mol. The van der Waals surface area contributed by atoms with Gasteiger partial charge in [-0.1, -0.05) is 0 Å². The molecular formula is C8Ba3Ce3F8La3O24. The van der Waals surface area contributed by atoms with E-state index in [1.165, 1.54) is 0 Å². The van der Waals surface area contributed by atoms with Gasteiger partial charge in [0.25, 0.3) is 0 Å². The Morgan fingerprint density at radius 1 is 0.204 bits per heavy atom. The summed E-state index contributed by atoms with van der Waals surface area (Å²) in [6, 6.07) is 0. The van der Waals surface area contributed by atoms with Crippen LogP contribution < -0.4 is 119 Å². The topological polar surface area (TPSA) is 506 Å². The number of rotatable bonds is 0. The fourth-order valence-electron chi connectivity index (χ4n) is 0. The Kier molecular flexibility index (Phi) is 613. The van der Waals surface area contributed by atoms with Crippen LogP contribution >= 0.6 is 0 Å². The van der Waals surface area contributed by atoms with Crippen LogP contribution in [0.5, 0.6) is 0 Å². The monoisotopic (exact) mass is 1880 g/mol. The molecule has 41 heteroatoms. The Hall–Kier alpha value is 6.03. The summed E-state index contributed by atoms with van der Waals surface area (Å²) in [6.07, 6.45) is -18.7. The summed E-state index contributed by atoms with van der Waals surface area (Å²) in [5.41, 5.74) is 0. The van der Waals surface area contributed by atoms with Crippen molar-refractivity contribution >= 4 is 196 Å². The van der Waals surface area contributed by atoms with Crippen LogP contribution in [-0.4, -0.2) is 196 Å². The molecular weight excluding hydrogens is 1880 g/mol. The zero-order valence-corrected chi connectivity index (χ0v) is 55.8. The second-order valence-corrected chi connectivity index (χ2v) is 2.00. The Morgan fingerprint density at radius 3 is 0.204 bits per heavy atom. The molecule has 0 rings (SSSR count). The maximum atomic E-state index is 8.33. The molecule has 3 radical (unpaired) electrons. The molecule has 24 nitrogen and oxygen atoms in total. The fourth-order valence-corrected chi connectivity index (χ4v) is 0. The molecule has 0 unspecified atom stereocenters. The van der Waals surface area contributed by atoms with E-state index in [-0.39, 0.29) is 416 Å². The van der Waals surface area contributed by atoms with Crippen molar-refractivity contribution in [3.63, 3.8) is 0 Å². The molecule has 0 aliphatic rings. The molecule has 0 N–H and O–H groups in total. The van der Waals surface area contributed by atoms with E-state index in [4.69, 9.17) is 120 Å². The Balaban J connectivity index is -0.00000000557. The smallest absolute Gasteiger partial charge is 1.00 e. The summed E-state index contributed by atoms with van der Waals surface area (Å²) in [6.45, 7) is 0. The summed E-state index contributed by atoms with van der Waals surface area (Å²) >= 11 is 0. The quantitative estimate of drug-likeness (QED) is 0.160. The molecule has 0 heterocycles. The van der Waals surface area contributed by atoms with Gasteiger partial charge in [-0.2, -0.15) is 0 Å². The molecule has 0 aromatic carbocycles. The van der Waals surface area contributed by atoms with Gasteiger partial charge in [-0.25, -0.2) is 0 Å². The summed E-state index contributed by atoms with van der Waals surface area (Å²) < 4.78 is 0. The third-order valence-electron chi connectivity index (χ3n) is 0. The van der Waals surface area contributed by atoms with Crippen LogP contribution in [-0.2, 0) is 0 Å². The second kappa shape index (κ2) is 168. The molecule has 0 atom stereocenters. The zero-order chi connectivity index (χ0) is 28.6. The Morgan fingerprint density at radius 2 is 0.204 bits per heavy atom. The van der Waals surface area contributed by atoms with Gasteiger partial charge in [0, 0.05) is 0 Å². The van der Waals surface area contributed by atoms with Crippen LogP contribution in [0.1, 0.15) is 0 Å². The summed E-state index contributed by atoms with van der Waals surface area (Å²) in [5, 5.41) is 133. The van der Waals surface area contributed by atoms with E-state index in [2.05, 4.69) is 0 Å². The molecule has 0 fully saturated rings. The van der Waals surface area contributed by atoms with Gasteiger partial charge in [0.15, 0.2) is 0 Å². The molecule has 0 saturated carbocycles. The molecule has 0 aromatic rings. The van der Waals surface area contributed by atoms with Crippen LogP contribution in [0.3, 0.4) is 0 Å². The third-order valence-corrected chi connectivity index (χ3v) is 0. The number of halogens is 8. The maximum Gasteiger partial charge on any atom is 3.00 e. The minimum Gasteiger partial charge on any atom is -1.00 e. The second-order valence-electron chi connectivity index (χ2n) is 2.00. The Labute approximate surface area is 570 Å². The molecule has 0 aliphatic carbocycles. The van der Waals surface area contributed by atoms with Crippen molar-refractivity contribution in [3.05, 3.63) is 0 Å². The molecule has 0 bridgehead atoms. The fraction of sp³-hybridized carbons (Fsp3) is 0. The van der Waals surface area contributed by atoms with Crippen LogP contribution in [0.2, 0.25) is 0 Å². The van der Waals surface area contributed by atoms with E-state index in [0.717, 1.165) is 0 Å². The van der Waals surface area contributed by atoms with Gasteiger partial charge < -0.3 is 158 Å². The predicted molar refractivity (Wildman–Crippen MR) is 60.4 cm³/mol. The number of carbonyl (C=O) groups is 8. The van der Waals surface area contributed by atoms with E-state index in [1.54, 1.807) is 0 Å². The van der Waals surface area contributed by atoms with Gasteiger partial charge in [0.05, 0.1) is 0 Å². The first-order valence-corrected chi connectivity index (χ1v) is 4.90. The number of hydrogen-bond acceptors (Lipinski definition) is 24. The molecule has 259 valence electrons. The van der Waals surface area contributed by atoms with Crippen molar-refractivity contribution in [3.8, 4) is 0 Å². The molecule has 49 heavy (non-hydrogen) atoms. The summed E-state index contributed by atoms with van der Waals surface area (Å²) in [4.78, 5) is 66.7. The van der Waals surface area contributed by atoms with Gasteiger partial charge in [-0.3, -0.25) is 0 Å². The van der Waals surface area contributed by atoms with E-state index in [1.807, 2.05) is 0 Å². The SMILES string of the molecule is O=C([O-])[O-].O=C([O-])[O-].O=C([O-])[O-].O=C([O-])[O-].O=C([O-])[O-].O=C([O-])[O-].O=C([O-])[O-].O=C([O-])[O-].[Ba+2].[Ba+2].[Ba+2].[Ce+3].[Ce+3].[Ce+3].[F-].[F-].[F-].[F-].[F-].[F-].[F-].[F-].[La+3].[La+3].[La+3]. The van der Waals surface area contributed by atoms with Crippen molar-refractivity contribution in [1.82, 2.24) is 0 Å². The average Bonchev–Trinajstić information content (AvgIpc) is 2.30. The van der Waals surface area contributed by atoms with Gasteiger partial charge >= 0.3 is 379 Å². The largest absolute Gasteiger partial charge is 3.00 e. The first-order valence-electron chi connectivity index (χ1n) is 4.90. The molecule has 0 aromatic heterocycles. The van der Waals surface area contributed by atoms with Crippen molar-refractivity contribution in [2.75, 3.05) is 0 Å². The first-order chi connectivity index (χ1) is 13.9. The number of carbonyl (C=O) groups excluding carboxylic acids is 8. The van der Waals surface area contributed by atoms with Crippen LogP contribution in [0, 0.1) is 232 Å². The first kappa shape index (κ1) is 178. The Bertz CT molecular complexity index is 431. The van der Waals surface area contributed by atoms with Crippen molar-refractivity contribution in [1.29, 1.82) is 0 Å². The van der Waals surface area contributed by atoms with Crippen LogP contribution in [0.4, 0.5) is 38.4 Å². The zero-order valence-electron chi connectivity index (χ0n) is 22.2. The minimum atomic E-state index is -2.33. The van der Waals surface area contributed by atoms with Crippen molar-refractivity contribution < 1.29 is 390 Å². The number of carboxylic acid groups (broad SMARTS) is 16. The molecule has 0 saturated heterocycles. The summed E-state index contributed by atoms with van der Waals surface area (Å²) in [7, 11) is 0. The van der Waals surface area contributed by atoms with E-state index in [0.29, 0.717) is 0 Å². The van der Waals surface area contributed by atoms with Gasteiger partial charge in [0.1, 0.15) is 0 Å². The standard InChI is InChI=1S/8CH2O3.3Ba.3Ce.8FH.3La/c8*2-1(3)4;;;;;;;;;;;;;;;;;/h8*(H2,2,3,4);;;;;;;8*1H;;;/q;;;;;;;;3*+2;3*+3;;;;;;;;;3*+3/p-24. The van der Waals surface area contributed by atoms with Crippen LogP contribution in [0.15, 0.2) is 0 Å². The normalized spacial score (nSPS) is 3.92. The predicted octanol–water partition coefficient (Wildman–Crippen LogP) is -44.7. The van der Waals surface area contributed by atoms with Gasteiger partial charge in [-0.15, -0.1) is 0 Å². The van der Waals surface area contributed by atoms with Crippen molar-refractivity contribution in [2.24, 2.45) is 0 Å². The van der Waals surface area contributed by atoms with E-state index >= 15 is 0 Å². The van der Waals surface area contributed by atoms with Crippen molar-refractivity contribution in [2.45, 2.75) is 0 Å². The number of hydrogen-bond donors (Lipinski definition) is 0. The third kappa shape index (κ3) is 4020. The molecule has 0 aliphatic heterocycles. The van der Waals surface area contributed by atoms with E-state index < -0.39 is 49.2 Å².